The average Bonchev–Trinajstić information content (AvgIpc) is 2.33. The first-order valence-electron chi connectivity index (χ1n) is 4.75. The molecular weight excluding hydrogens is 164 g/mol. The predicted molar refractivity (Wildman–Crippen MR) is 51.3 cm³/mol. The number of ketones is 2. The summed E-state index contributed by atoms with van der Waals surface area (Å²) in [7, 11) is 0. The molecule has 0 saturated heterocycles. The molecule has 1 rings (SSSR count). The van der Waals surface area contributed by atoms with Crippen molar-refractivity contribution in [1.29, 1.82) is 0 Å². The van der Waals surface area contributed by atoms with Crippen molar-refractivity contribution in [3.63, 3.8) is 0 Å². The van der Waals surface area contributed by atoms with Gasteiger partial charge in [-0.1, -0.05) is 12.2 Å². The number of hydrogen-bond donors (Lipinski definition) is 0. The minimum absolute atomic E-state index is 0.234. The minimum Gasteiger partial charge on any atom is -0.300 e. The molecule has 13 heavy (non-hydrogen) atoms. The Morgan fingerprint density at radius 1 is 1.08 bits per heavy atom. The summed E-state index contributed by atoms with van der Waals surface area (Å²) in [5, 5.41) is 0. The Morgan fingerprint density at radius 3 is 1.77 bits per heavy atom. The van der Waals surface area contributed by atoms with Gasteiger partial charge in [0.05, 0.1) is 0 Å². The fourth-order valence-electron chi connectivity index (χ4n) is 1.90. The fourth-order valence-corrected chi connectivity index (χ4v) is 1.90. The van der Waals surface area contributed by atoms with E-state index in [0.717, 1.165) is 6.42 Å². The van der Waals surface area contributed by atoms with Crippen LogP contribution in [0, 0.1) is 11.8 Å². The summed E-state index contributed by atoms with van der Waals surface area (Å²) in [5.74, 6) is 1.22. The second kappa shape index (κ2) is 4.35. The number of allylic oxidation sites excluding steroid dienone is 2. The third-order valence-electron chi connectivity index (χ3n) is 2.36. The zero-order chi connectivity index (χ0) is 9.84. The van der Waals surface area contributed by atoms with Crippen LogP contribution < -0.4 is 0 Å². The first-order chi connectivity index (χ1) is 6.08. The van der Waals surface area contributed by atoms with Crippen molar-refractivity contribution in [2.24, 2.45) is 11.8 Å². The Morgan fingerprint density at radius 2 is 1.46 bits per heavy atom. The highest BCUT2D eigenvalue weighted by Gasteiger charge is 2.20. The highest BCUT2D eigenvalue weighted by Crippen LogP contribution is 2.28. The number of hydrogen-bond acceptors (Lipinski definition) is 2. The summed E-state index contributed by atoms with van der Waals surface area (Å²) >= 11 is 0. The predicted octanol–water partition coefficient (Wildman–Crippen LogP) is 2.14. The summed E-state index contributed by atoms with van der Waals surface area (Å²) in [6.45, 7) is 3.23. The highest BCUT2D eigenvalue weighted by atomic mass is 16.1. The monoisotopic (exact) mass is 180 g/mol. The molecule has 2 nitrogen and oxygen atoms in total. The van der Waals surface area contributed by atoms with Gasteiger partial charge in [0, 0.05) is 12.8 Å². The normalized spacial score (nSPS) is 26.3. The van der Waals surface area contributed by atoms with Crippen LogP contribution in [-0.4, -0.2) is 11.6 Å². The van der Waals surface area contributed by atoms with Crippen molar-refractivity contribution in [1.82, 2.24) is 0 Å². The van der Waals surface area contributed by atoms with E-state index in [-0.39, 0.29) is 11.6 Å². The quantitative estimate of drug-likeness (QED) is 0.621. The first kappa shape index (κ1) is 10.2. The van der Waals surface area contributed by atoms with Gasteiger partial charge in [-0.15, -0.1) is 0 Å². The highest BCUT2D eigenvalue weighted by molar-refractivity contribution is 5.77. The molecule has 0 unspecified atom stereocenters. The molecule has 0 aromatic rings. The molecule has 0 amide bonds. The van der Waals surface area contributed by atoms with Crippen molar-refractivity contribution >= 4 is 11.6 Å². The van der Waals surface area contributed by atoms with Gasteiger partial charge in [0.25, 0.3) is 0 Å². The molecule has 0 heterocycles. The zero-order valence-electron chi connectivity index (χ0n) is 8.25. The molecule has 0 aliphatic heterocycles. The molecule has 0 radical (unpaired) electrons. The van der Waals surface area contributed by atoms with Gasteiger partial charge in [-0.05, 0) is 32.1 Å². The SMILES string of the molecule is CC(=O)C[C@H]1C=C[C@@H](CC(C)=O)C1. The molecule has 72 valence electrons. The van der Waals surface area contributed by atoms with Crippen LogP contribution in [0.3, 0.4) is 0 Å². The Bertz CT molecular complexity index is 216. The number of rotatable bonds is 4. The van der Waals surface area contributed by atoms with Crippen LogP contribution in [0.25, 0.3) is 0 Å². The minimum atomic E-state index is 0.234. The first-order valence-corrected chi connectivity index (χ1v) is 4.75. The lowest BCUT2D eigenvalue weighted by Crippen LogP contribution is -2.05. The van der Waals surface area contributed by atoms with Crippen molar-refractivity contribution in [2.45, 2.75) is 33.1 Å². The largest absolute Gasteiger partial charge is 0.300 e. The van der Waals surface area contributed by atoms with E-state index >= 15 is 0 Å². The van der Waals surface area contributed by atoms with E-state index in [1.807, 2.05) is 0 Å². The molecule has 0 N–H and O–H groups in total. The van der Waals surface area contributed by atoms with Gasteiger partial charge in [-0.25, -0.2) is 0 Å². The van der Waals surface area contributed by atoms with Crippen molar-refractivity contribution < 1.29 is 9.59 Å². The van der Waals surface area contributed by atoms with Crippen LogP contribution in [0.1, 0.15) is 33.1 Å². The summed E-state index contributed by atoms with van der Waals surface area (Å²) in [4.78, 5) is 21.7. The van der Waals surface area contributed by atoms with Crippen LogP contribution in [0.5, 0.6) is 0 Å². The standard InChI is InChI=1S/C11H16O2/c1-8(12)5-10-3-4-11(7-10)6-9(2)13/h3-4,10-11H,5-7H2,1-2H3/t10-,11+. The number of carbonyl (C=O) groups is 2. The molecule has 2 atom stereocenters. The summed E-state index contributed by atoms with van der Waals surface area (Å²) < 4.78 is 0. The molecule has 0 fully saturated rings. The van der Waals surface area contributed by atoms with E-state index in [4.69, 9.17) is 0 Å². The van der Waals surface area contributed by atoms with E-state index in [9.17, 15) is 9.59 Å². The lowest BCUT2D eigenvalue weighted by Gasteiger charge is -2.08. The van der Waals surface area contributed by atoms with Crippen LogP contribution in [-0.2, 0) is 9.59 Å². The molecule has 0 aromatic carbocycles. The van der Waals surface area contributed by atoms with Gasteiger partial charge in [0.2, 0.25) is 0 Å². The van der Waals surface area contributed by atoms with E-state index < -0.39 is 0 Å². The van der Waals surface area contributed by atoms with Gasteiger partial charge in [-0.2, -0.15) is 0 Å². The molecule has 2 heteroatoms. The van der Waals surface area contributed by atoms with Gasteiger partial charge < -0.3 is 9.59 Å². The van der Waals surface area contributed by atoms with Crippen LogP contribution in [0.4, 0.5) is 0 Å². The molecule has 0 aromatic heterocycles. The molecule has 1 aliphatic carbocycles. The maximum absolute atomic E-state index is 10.8. The van der Waals surface area contributed by atoms with Gasteiger partial charge >= 0.3 is 0 Å². The van der Waals surface area contributed by atoms with Crippen molar-refractivity contribution in [3.8, 4) is 0 Å². The van der Waals surface area contributed by atoms with Gasteiger partial charge in [0.15, 0.2) is 0 Å². The zero-order valence-corrected chi connectivity index (χ0v) is 8.25. The van der Waals surface area contributed by atoms with E-state index in [1.54, 1.807) is 13.8 Å². The average molecular weight is 180 g/mol. The van der Waals surface area contributed by atoms with Crippen molar-refractivity contribution in [3.05, 3.63) is 12.2 Å². The Hall–Kier alpha value is -0.920. The van der Waals surface area contributed by atoms with E-state index in [2.05, 4.69) is 12.2 Å². The number of Topliss-reactive ketones (excluding diaryl/α,β-unsaturated/α-hetero) is 2. The van der Waals surface area contributed by atoms with E-state index in [1.165, 1.54) is 0 Å². The Kier molecular flexibility index (Phi) is 3.40. The molecule has 0 saturated carbocycles. The Balaban J connectivity index is 2.33. The molecule has 0 spiro atoms. The second-order valence-electron chi connectivity index (χ2n) is 3.95. The lowest BCUT2D eigenvalue weighted by atomic mass is 9.96. The second-order valence-corrected chi connectivity index (χ2v) is 3.95. The number of carbonyl (C=O) groups excluding carboxylic acids is 2. The van der Waals surface area contributed by atoms with E-state index in [0.29, 0.717) is 24.7 Å². The maximum atomic E-state index is 10.8. The third-order valence-corrected chi connectivity index (χ3v) is 2.36. The van der Waals surface area contributed by atoms with Crippen LogP contribution >= 0.6 is 0 Å². The Labute approximate surface area is 79.0 Å². The maximum Gasteiger partial charge on any atom is 0.130 e. The molecule has 0 bridgehead atoms. The van der Waals surface area contributed by atoms with Crippen molar-refractivity contribution in [2.75, 3.05) is 0 Å². The van der Waals surface area contributed by atoms with Crippen LogP contribution in [0.15, 0.2) is 12.2 Å². The van der Waals surface area contributed by atoms with Gasteiger partial charge in [0.1, 0.15) is 11.6 Å². The molecular formula is C11H16O2. The fraction of sp³-hybridized carbons (Fsp3) is 0.636. The van der Waals surface area contributed by atoms with Crippen LogP contribution in [0.2, 0.25) is 0 Å². The third kappa shape index (κ3) is 3.53. The summed E-state index contributed by atoms with van der Waals surface area (Å²) in [6.07, 6.45) is 6.39. The summed E-state index contributed by atoms with van der Waals surface area (Å²) in [5.41, 5.74) is 0. The lowest BCUT2D eigenvalue weighted by molar-refractivity contribution is -0.117. The molecule has 1 aliphatic rings. The topological polar surface area (TPSA) is 34.1 Å². The summed E-state index contributed by atoms with van der Waals surface area (Å²) in [6, 6.07) is 0. The smallest absolute Gasteiger partial charge is 0.130 e. The van der Waals surface area contributed by atoms with Gasteiger partial charge in [-0.3, -0.25) is 0 Å².